The Hall–Kier alpha value is -1.55. The van der Waals surface area contributed by atoms with Crippen molar-refractivity contribution < 1.29 is 14.6 Å². The molecule has 0 radical (unpaired) electrons. The topological polar surface area (TPSA) is 58.6 Å². The molecule has 1 aromatic carbocycles. The zero-order chi connectivity index (χ0) is 19.7. The second-order valence-corrected chi connectivity index (χ2v) is 9.36. The monoisotopic (exact) mass is 385 g/mol. The minimum Gasteiger partial charge on any atom is -0.493 e. The molecule has 4 rings (SSSR count). The third-order valence-corrected chi connectivity index (χ3v) is 7.82. The second-order valence-electron chi connectivity index (χ2n) is 9.36. The van der Waals surface area contributed by atoms with Crippen LogP contribution in [0.3, 0.4) is 0 Å². The van der Waals surface area contributed by atoms with Crippen molar-refractivity contribution in [3.8, 4) is 5.75 Å². The van der Waals surface area contributed by atoms with Gasteiger partial charge in [-0.05, 0) is 91.4 Å². The second kappa shape index (κ2) is 8.06. The predicted molar refractivity (Wildman–Crippen MR) is 110 cm³/mol. The van der Waals surface area contributed by atoms with Crippen LogP contribution < -0.4 is 10.1 Å². The fourth-order valence-corrected chi connectivity index (χ4v) is 6.24. The molecular weight excluding hydrogens is 350 g/mol. The highest BCUT2D eigenvalue weighted by Crippen LogP contribution is 2.60. The first-order valence-electron chi connectivity index (χ1n) is 11.2. The van der Waals surface area contributed by atoms with Crippen molar-refractivity contribution in [2.24, 2.45) is 17.3 Å². The maximum Gasteiger partial charge on any atom is 0.223 e. The Kier molecular flexibility index (Phi) is 5.69. The zero-order valence-corrected chi connectivity index (χ0v) is 17.4. The molecule has 5 atom stereocenters. The zero-order valence-electron chi connectivity index (χ0n) is 17.4. The van der Waals surface area contributed by atoms with E-state index in [1.54, 1.807) is 0 Å². The Balaban J connectivity index is 1.40. The van der Waals surface area contributed by atoms with E-state index in [4.69, 9.17) is 4.74 Å². The number of aryl methyl sites for hydroxylation is 1. The molecule has 0 aromatic heterocycles. The van der Waals surface area contributed by atoms with Crippen molar-refractivity contribution >= 4 is 5.91 Å². The largest absolute Gasteiger partial charge is 0.493 e. The summed E-state index contributed by atoms with van der Waals surface area (Å²) in [6.45, 7) is 5.54. The maximum absolute atomic E-state index is 11.7. The number of hydrogen-bond acceptors (Lipinski definition) is 3. The number of benzene rings is 1. The van der Waals surface area contributed by atoms with Crippen LogP contribution >= 0.6 is 0 Å². The normalized spacial score (nSPS) is 33.5. The highest BCUT2D eigenvalue weighted by atomic mass is 16.5. The number of nitrogens with one attached hydrogen (secondary N) is 1. The molecule has 1 aromatic rings. The maximum atomic E-state index is 11.7. The van der Waals surface area contributed by atoms with E-state index in [1.807, 2.05) is 0 Å². The number of fused-ring (bicyclic) bond motifs is 5. The number of ether oxygens (including phenoxy) is 1. The summed E-state index contributed by atoms with van der Waals surface area (Å²) in [6, 6.07) is 6.56. The molecule has 0 saturated heterocycles. The summed E-state index contributed by atoms with van der Waals surface area (Å²) in [7, 11) is 0. The summed E-state index contributed by atoms with van der Waals surface area (Å²) >= 11 is 0. The first-order valence-corrected chi connectivity index (χ1v) is 11.2. The Bertz CT molecular complexity index is 718. The number of amides is 1. The van der Waals surface area contributed by atoms with Gasteiger partial charge in [0, 0.05) is 6.54 Å². The van der Waals surface area contributed by atoms with Crippen LogP contribution in [0.5, 0.6) is 5.75 Å². The molecule has 1 amide bonds. The van der Waals surface area contributed by atoms with E-state index in [2.05, 4.69) is 37.4 Å². The molecule has 0 aliphatic heterocycles. The van der Waals surface area contributed by atoms with Crippen LogP contribution in [-0.4, -0.2) is 30.3 Å². The van der Waals surface area contributed by atoms with E-state index in [9.17, 15) is 9.90 Å². The van der Waals surface area contributed by atoms with Crippen molar-refractivity contribution in [3.05, 3.63) is 29.3 Å². The number of aliphatic hydroxyl groups excluding tert-OH is 1. The first kappa shape index (κ1) is 19.8. The summed E-state index contributed by atoms with van der Waals surface area (Å²) in [4.78, 5) is 11.7. The van der Waals surface area contributed by atoms with Crippen molar-refractivity contribution in [2.75, 3.05) is 13.2 Å². The van der Waals surface area contributed by atoms with Gasteiger partial charge in [0.25, 0.3) is 0 Å². The highest BCUT2D eigenvalue weighted by Gasteiger charge is 2.54. The van der Waals surface area contributed by atoms with E-state index in [0.717, 1.165) is 43.9 Å². The van der Waals surface area contributed by atoms with Crippen molar-refractivity contribution in [1.82, 2.24) is 5.32 Å². The van der Waals surface area contributed by atoms with Crippen LogP contribution in [0.15, 0.2) is 18.2 Å². The minimum absolute atomic E-state index is 0.0617. The Morgan fingerprint density at radius 1 is 1.29 bits per heavy atom. The number of hydrogen-bond donors (Lipinski definition) is 2. The minimum atomic E-state index is -0.106. The van der Waals surface area contributed by atoms with Gasteiger partial charge in [0.05, 0.1) is 19.1 Å². The number of aliphatic hydroxyl groups is 1. The summed E-state index contributed by atoms with van der Waals surface area (Å²) in [6.07, 6.45) is 8.10. The smallest absolute Gasteiger partial charge is 0.223 e. The SMILES string of the molecule is CCCNC(=O)CCOc1ccc2c(c1)CCC1C2CCC2(C)C(O)CCC12. The van der Waals surface area contributed by atoms with Gasteiger partial charge in [-0.1, -0.05) is 19.9 Å². The molecule has 5 unspecified atom stereocenters. The lowest BCUT2D eigenvalue weighted by molar-refractivity contribution is -0.121. The molecule has 3 aliphatic carbocycles. The molecule has 4 nitrogen and oxygen atoms in total. The summed E-state index contributed by atoms with van der Waals surface area (Å²) < 4.78 is 5.86. The molecule has 3 aliphatic rings. The molecule has 0 spiro atoms. The summed E-state index contributed by atoms with van der Waals surface area (Å²) in [5.74, 6) is 2.98. The van der Waals surface area contributed by atoms with Crippen LogP contribution in [0.2, 0.25) is 0 Å². The van der Waals surface area contributed by atoms with Crippen LogP contribution in [0.25, 0.3) is 0 Å². The lowest BCUT2D eigenvalue weighted by atomic mass is 9.55. The van der Waals surface area contributed by atoms with Gasteiger partial charge in [-0.3, -0.25) is 4.79 Å². The number of carbonyl (C=O) groups excluding carboxylic acids is 1. The Morgan fingerprint density at radius 2 is 2.14 bits per heavy atom. The lowest BCUT2D eigenvalue weighted by Gasteiger charge is -2.50. The van der Waals surface area contributed by atoms with E-state index in [1.165, 1.54) is 30.4 Å². The fourth-order valence-electron chi connectivity index (χ4n) is 6.24. The van der Waals surface area contributed by atoms with Gasteiger partial charge < -0.3 is 15.2 Å². The van der Waals surface area contributed by atoms with E-state index >= 15 is 0 Å². The molecule has 2 fully saturated rings. The van der Waals surface area contributed by atoms with Crippen molar-refractivity contribution in [3.63, 3.8) is 0 Å². The van der Waals surface area contributed by atoms with Crippen LogP contribution in [0.4, 0.5) is 0 Å². The van der Waals surface area contributed by atoms with Crippen molar-refractivity contribution in [1.29, 1.82) is 0 Å². The van der Waals surface area contributed by atoms with Gasteiger partial charge in [-0.15, -0.1) is 0 Å². The van der Waals surface area contributed by atoms with Gasteiger partial charge in [0.1, 0.15) is 5.75 Å². The predicted octanol–water partition coefficient (Wildman–Crippen LogP) is 4.20. The molecule has 2 saturated carbocycles. The molecule has 0 heterocycles. The van der Waals surface area contributed by atoms with E-state index in [0.29, 0.717) is 24.9 Å². The third kappa shape index (κ3) is 3.56. The average Bonchev–Trinajstić information content (AvgIpc) is 3.01. The Morgan fingerprint density at radius 3 is 2.96 bits per heavy atom. The van der Waals surface area contributed by atoms with Gasteiger partial charge in [-0.25, -0.2) is 0 Å². The van der Waals surface area contributed by atoms with Crippen molar-refractivity contribution in [2.45, 2.75) is 77.2 Å². The summed E-state index contributed by atoms with van der Waals surface area (Å²) in [5.41, 5.74) is 3.07. The van der Waals surface area contributed by atoms with Crippen LogP contribution in [-0.2, 0) is 11.2 Å². The van der Waals surface area contributed by atoms with Gasteiger partial charge in [-0.2, -0.15) is 0 Å². The molecule has 0 bridgehead atoms. The molecular formula is C24H35NO3. The van der Waals surface area contributed by atoms with E-state index in [-0.39, 0.29) is 17.4 Å². The standard InChI is InChI=1S/C24H35NO3/c1-3-13-25-23(27)11-14-28-17-5-7-18-16(15-17)4-6-20-19(18)10-12-24(2)21(20)8-9-22(24)26/h5,7,15,19-22,26H,3-4,6,8-14H2,1-2H3,(H,25,27). The molecule has 4 heteroatoms. The lowest BCUT2D eigenvalue weighted by Crippen LogP contribution is -2.43. The average molecular weight is 386 g/mol. The molecule has 154 valence electrons. The van der Waals surface area contributed by atoms with Gasteiger partial charge in [0.2, 0.25) is 5.91 Å². The molecule has 28 heavy (non-hydrogen) atoms. The van der Waals surface area contributed by atoms with Gasteiger partial charge in [0.15, 0.2) is 0 Å². The van der Waals surface area contributed by atoms with Crippen LogP contribution in [0.1, 0.15) is 75.8 Å². The summed E-state index contributed by atoms with van der Waals surface area (Å²) in [5, 5.41) is 13.4. The Labute approximate surface area is 169 Å². The van der Waals surface area contributed by atoms with Gasteiger partial charge >= 0.3 is 0 Å². The van der Waals surface area contributed by atoms with E-state index < -0.39 is 0 Å². The number of rotatable bonds is 6. The molecule has 2 N–H and O–H groups in total. The third-order valence-electron chi connectivity index (χ3n) is 7.82. The highest BCUT2D eigenvalue weighted by molar-refractivity contribution is 5.75. The number of carbonyl (C=O) groups is 1. The first-order chi connectivity index (χ1) is 13.5. The van der Waals surface area contributed by atoms with Crippen LogP contribution in [0, 0.1) is 17.3 Å². The fraction of sp³-hybridized carbons (Fsp3) is 0.708. The quantitative estimate of drug-likeness (QED) is 0.772.